The number of halogens is 13. The zero-order valence-corrected chi connectivity index (χ0v) is 35.9. The van der Waals surface area contributed by atoms with Crippen LogP contribution in [-0.2, 0) is 68.1 Å². The molecule has 364 valence electrons. The molecule has 25 heteroatoms. The summed E-state index contributed by atoms with van der Waals surface area (Å²) in [5.41, 5.74) is 2.55. The van der Waals surface area contributed by atoms with Gasteiger partial charge in [0.15, 0.2) is 0 Å². The molecule has 6 amide bonds. The Balaban J connectivity index is 0.000000267. The summed E-state index contributed by atoms with van der Waals surface area (Å²) in [6.07, 6.45) is -19.8. The molecule has 2 heterocycles. The van der Waals surface area contributed by atoms with E-state index in [-0.39, 0.29) is 67.3 Å². The second-order valence-electron chi connectivity index (χ2n) is 14.9. The first-order valence-electron chi connectivity index (χ1n) is 19.2. The number of alkyl halides is 13. The SMILES string of the molecule is NC(=O)CBr.NC(=O)CN1C[C@@](COCc2cc(C(F)(F)F)cc(C(F)(F)F)c2)(c2ccccc2)NC1=O.O=C1NC[C@@](COCc2cc(C(F)(F)F)cc(C(F)(F)F)c2)(c2ccccc2)N1. The molecule has 2 atom stereocenters. The minimum atomic E-state index is -4.98. The van der Waals surface area contributed by atoms with Gasteiger partial charge in [-0.05, 0) is 58.7 Å². The Hall–Kier alpha value is -6.08. The number of carbonyl (C=O) groups is 4. The molecule has 2 fully saturated rings. The number of urea groups is 2. The van der Waals surface area contributed by atoms with Crippen LogP contribution in [0.2, 0.25) is 0 Å². The summed E-state index contributed by atoms with van der Waals surface area (Å²) < 4.78 is 167. The summed E-state index contributed by atoms with van der Waals surface area (Å²) in [7, 11) is 0. The van der Waals surface area contributed by atoms with Crippen LogP contribution >= 0.6 is 15.9 Å². The normalized spacial score (nSPS) is 18.4. The van der Waals surface area contributed by atoms with Crippen molar-refractivity contribution in [1.29, 1.82) is 0 Å². The Bertz CT molecular complexity index is 2290. The van der Waals surface area contributed by atoms with Crippen molar-refractivity contribution < 1.29 is 81.3 Å². The molecule has 2 aliphatic rings. The Kier molecular flexibility index (Phi) is 17.3. The zero-order valence-electron chi connectivity index (χ0n) is 34.4. The molecule has 0 saturated carbocycles. The molecule has 2 saturated heterocycles. The molecule has 7 N–H and O–H groups in total. The zero-order chi connectivity index (χ0) is 50.0. The lowest BCUT2D eigenvalue weighted by Gasteiger charge is -2.29. The fraction of sp³-hybridized carbons (Fsp3) is 0.333. The quantitative estimate of drug-likeness (QED) is 0.0670. The standard InChI is InChI=1S/C21H19F6N3O3.C19H16F6N2O2.C2H4BrNO/c22-20(23,24)15-6-13(7-16(8-15)21(25,26)27)10-33-12-19(14-4-2-1-3-5-14)11-30(9-17(28)31)18(32)29-19;20-18(21,22)14-6-12(7-15(8-14)19(23,24)25)9-29-11-17(10-26-16(28)27-17)13-4-2-1-3-5-13;3-1-2(4)5/h1-8H,9-12H2,(H2,28,31)(H,29,32);1-8H,9-11H2,(H2,26,27,28);1H2,(H2,4,5)/t19-;17-;/m11./s1. The predicted octanol–water partition coefficient (Wildman–Crippen LogP) is 7.96. The molecule has 4 aromatic carbocycles. The van der Waals surface area contributed by atoms with Gasteiger partial charge in [-0.25, -0.2) is 9.59 Å². The van der Waals surface area contributed by atoms with Gasteiger partial charge in [-0.1, -0.05) is 76.6 Å². The minimum absolute atomic E-state index is 0.0356. The molecular formula is C42H39BrF12N6O6. The molecule has 0 radical (unpaired) electrons. The highest BCUT2D eigenvalue weighted by Gasteiger charge is 2.45. The predicted molar refractivity (Wildman–Crippen MR) is 217 cm³/mol. The van der Waals surface area contributed by atoms with Crippen molar-refractivity contribution in [3.63, 3.8) is 0 Å². The van der Waals surface area contributed by atoms with Crippen LogP contribution in [0.25, 0.3) is 0 Å². The van der Waals surface area contributed by atoms with Crippen molar-refractivity contribution in [2.45, 2.75) is 49.0 Å². The highest BCUT2D eigenvalue weighted by molar-refractivity contribution is 9.09. The van der Waals surface area contributed by atoms with Gasteiger partial charge in [0.2, 0.25) is 11.8 Å². The molecule has 6 rings (SSSR count). The van der Waals surface area contributed by atoms with Crippen molar-refractivity contribution in [3.05, 3.63) is 142 Å². The maximum Gasteiger partial charge on any atom is 0.416 e. The van der Waals surface area contributed by atoms with Crippen molar-refractivity contribution >= 4 is 39.8 Å². The number of rotatable bonds is 13. The molecule has 0 aromatic heterocycles. The van der Waals surface area contributed by atoms with E-state index < -0.39 is 89.2 Å². The van der Waals surface area contributed by atoms with Gasteiger partial charge in [0.1, 0.15) is 17.6 Å². The van der Waals surface area contributed by atoms with Crippen molar-refractivity contribution in [3.8, 4) is 0 Å². The van der Waals surface area contributed by atoms with Crippen LogP contribution < -0.4 is 27.4 Å². The lowest BCUT2D eigenvalue weighted by Crippen LogP contribution is -2.44. The second kappa shape index (κ2) is 21.7. The lowest BCUT2D eigenvalue weighted by molar-refractivity contribution is -0.144. The number of benzene rings is 4. The lowest BCUT2D eigenvalue weighted by atomic mass is 9.91. The monoisotopic (exact) mass is 1030 g/mol. The number of amides is 6. The average molecular weight is 1030 g/mol. The van der Waals surface area contributed by atoms with E-state index in [1.165, 1.54) is 0 Å². The molecule has 0 aliphatic carbocycles. The highest BCUT2D eigenvalue weighted by Crippen LogP contribution is 2.38. The van der Waals surface area contributed by atoms with Gasteiger partial charge in [-0.2, -0.15) is 52.7 Å². The number of nitrogens with two attached hydrogens (primary N) is 2. The first-order valence-corrected chi connectivity index (χ1v) is 20.3. The summed E-state index contributed by atoms with van der Waals surface area (Å²) in [6, 6.07) is 18.6. The largest absolute Gasteiger partial charge is 0.416 e. The van der Waals surface area contributed by atoms with Crippen LogP contribution in [0.3, 0.4) is 0 Å². The van der Waals surface area contributed by atoms with Crippen LogP contribution in [0.5, 0.6) is 0 Å². The number of primary amides is 2. The molecule has 4 aromatic rings. The van der Waals surface area contributed by atoms with Gasteiger partial charge in [0, 0.05) is 6.54 Å². The van der Waals surface area contributed by atoms with E-state index in [0.717, 1.165) is 4.90 Å². The molecule has 67 heavy (non-hydrogen) atoms. The maximum atomic E-state index is 13.1. The van der Waals surface area contributed by atoms with Crippen LogP contribution in [0.15, 0.2) is 97.1 Å². The fourth-order valence-corrected chi connectivity index (χ4v) is 6.65. The van der Waals surface area contributed by atoms with Gasteiger partial charge in [0.25, 0.3) is 0 Å². The van der Waals surface area contributed by atoms with Crippen LogP contribution in [0.1, 0.15) is 44.5 Å². The summed E-state index contributed by atoms with van der Waals surface area (Å²) >= 11 is 2.84. The number of carbonyl (C=O) groups excluding carboxylic acids is 4. The molecular weight excluding hydrogens is 992 g/mol. The van der Waals surface area contributed by atoms with Crippen molar-refractivity contribution in [2.75, 3.05) is 38.2 Å². The third-order valence-electron chi connectivity index (χ3n) is 9.66. The van der Waals surface area contributed by atoms with Gasteiger partial charge >= 0.3 is 36.8 Å². The topological polar surface area (TPSA) is 178 Å². The smallest absolute Gasteiger partial charge is 0.374 e. The average Bonchev–Trinajstić information content (AvgIpc) is 3.79. The number of nitrogens with zero attached hydrogens (tertiary/aromatic N) is 1. The molecule has 0 spiro atoms. The number of hydrogen-bond acceptors (Lipinski definition) is 6. The molecule has 0 unspecified atom stereocenters. The summed E-state index contributed by atoms with van der Waals surface area (Å²) in [6.45, 7) is -1.75. The Morgan fingerprint density at radius 2 is 0.970 bits per heavy atom. The minimum Gasteiger partial charge on any atom is -0.374 e. The van der Waals surface area contributed by atoms with Crippen LogP contribution in [0, 0.1) is 0 Å². The van der Waals surface area contributed by atoms with Gasteiger partial charge in [-0.15, -0.1) is 0 Å². The molecule has 2 aliphatic heterocycles. The van der Waals surface area contributed by atoms with E-state index in [9.17, 15) is 71.9 Å². The van der Waals surface area contributed by atoms with E-state index in [1.54, 1.807) is 60.7 Å². The number of hydrogen-bond donors (Lipinski definition) is 5. The van der Waals surface area contributed by atoms with E-state index >= 15 is 0 Å². The van der Waals surface area contributed by atoms with Crippen molar-refractivity contribution in [1.82, 2.24) is 20.9 Å². The first-order chi connectivity index (χ1) is 31.1. The maximum absolute atomic E-state index is 13.1. The Morgan fingerprint density at radius 3 is 1.30 bits per heavy atom. The highest BCUT2D eigenvalue weighted by atomic mass is 79.9. The molecule has 12 nitrogen and oxygen atoms in total. The third kappa shape index (κ3) is 15.2. The third-order valence-corrected chi connectivity index (χ3v) is 10.2. The van der Waals surface area contributed by atoms with Crippen molar-refractivity contribution in [2.24, 2.45) is 11.5 Å². The van der Waals surface area contributed by atoms with Gasteiger partial charge < -0.3 is 41.8 Å². The first kappa shape index (κ1) is 53.5. The van der Waals surface area contributed by atoms with E-state index in [1.807, 2.05) is 0 Å². The van der Waals surface area contributed by atoms with E-state index in [4.69, 9.17) is 15.2 Å². The summed E-state index contributed by atoms with van der Waals surface area (Å²) in [5.74, 6) is -1.08. The van der Waals surface area contributed by atoms with Gasteiger partial charge in [0.05, 0.1) is 60.6 Å². The van der Waals surface area contributed by atoms with E-state index in [2.05, 4.69) is 37.6 Å². The molecule has 0 bridgehead atoms. The Labute approximate surface area is 381 Å². The number of nitrogens with one attached hydrogen (secondary N) is 3. The Morgan fingerprint density at radius 1 is 0.597 bits per heavy atom. The van der Waals surface area contributed by atoms with E-state index in [0.29, 0.717) is 35.4 Å². The van der Waals surface area contributed by atoms with Gasteiger partial charge in [-0.3, -0.25) is 9.59 Å². The number of ether oxygens (including phenoxy) is 2. The second-order valence-corrected chi connectivity index (χ2v) is 15.4. The van der Waals surface area contributed by atoms with Crippen LogP contribution in [-0.4, -0.2) is 67.0 Å². The fourth-order valence-electron chi connectivity index (χ4n) is 6.65. The summed E-state index contributed by atoms with van der Waals surface area (Å²) in [4.78, 5) is 45.9. The van der Waals surface area contributed by atoms with Crippen LogP contribution in [0.4, 0.5) is 62.3 Å². The summed E-state index contributed by atoms with van der Waals surface area (Å²) in [5, 5.41) is 8.24.